The molecule has 1 N–H and O–H groups in total. The first-order chi connectivity index (χ1) is 8.38. The van der Waals surface area contributed by atoms with Gasteiger partial charge in [-0.25, -0.2) is 0 Å². The van der Waals surface area contributed by atoms with Crippen LogP contribution in [0.5, 0.6) is 0 Å². The molecule has 0 aliphatic heterocycles. The lowest BCUT2D eigenvalue weighted by atomic mass is 10.1. The molecule has 0 amide bonds. The van der Waals surface area contributed by atoms with Crippen LogP contribution in [0.25, 0.3) is 0 Å². The lowest BCUT2D eigenvalue weighted by Crippen LogP contribution is -2.21. The Morgan fingerprint density at radius 2 is 2.35 bits per heavy atom. The molecule has 1 aromatic rings. The fourth-order valence-corrected chi connectivity index (χ4v) is 2.42. The van der Waals surface area contributed by atoms with E-state index in [4.69, 9.17) is 0 Å². The molecule has 17 heavy (non-hydrogen) atoms. The fourth-order valence-electron chi connectivity index (χ4n) is 1.81. The van der Waals surface area contributed by atoms with E-state index < -0.39 is 0 Å². The van der Waals surface area contributed by atoms with Crippen molar-refractivity contribution in [2.24, 2.45) is 0 Å². The summed E-state index contributed by atoms with van der Waals surface area (Å²) in [7, 11) is 0. The summed E-state index contributed by atoms with van der Waals surface area (Å²) in [6, 6.07) is 0.443. The first-order valence-electron chi connectivity index (χ1n) is 6.50. The molecule has 4 heteroatoms. The number of unbranched alkanes of at least 4 members (excludes halogenated alkanes) is 3. The minimum atomic E-state index is 0.443. The Labute approximate surface area is 108 Å². The van der Waals surface area contributed by atoms with E-state index >= 15 is 0 Å². The Balaban J connectivity index is 2.28. The van der Waals surface area contributed by atoms with Gasteiger partial charge in [-0.1, -0.05) is 30.3 Å². The molecule has 1 rings (SSSR count). The van der Waals surface area contributed by atoms with Gasteiger partial charge in [0.25, 0.3) is 0 Å². The number of aromatic nitrogens is 2. The first kappa shape index (κ1) is 14.3. The van der Waals surface area contributed by atoms with Crippen LogP contribution >= 0.6 is 11.5 Å². The Morgan fingerprint density at radius 1 is 1.47 bits per heavy atom. The molecule has 96 valence electrons. The number of hydrogen-bond donors (Lipinski definition) is 1. The van der Waals surface area contributed by atoms with Crippen molar-refractivity contribution in [2.45, 2.75) is 51.5 Å². The van der Waals surface area contributed by atoms with Crippen molar-refractivity contribution < 1.29 is 0 Å². The molecule has 1 atom stereocenters. The Morgan fingerprint density at radius 3 is 3.00 bits per heavy atom. The summed E-state index contributed by atoms with van der Waals surface area (Å²) in [4.78, 5) is 1.27. The van der Waals surface area contributed by atoms with E-state index in [1.54, 1.807) is 0 Å². The number of hydrogen-bond acceptors (Lipinski definition) is 4. The van der Waals surface area contributed by atoms with Crippen LogP contribution in [0.3, 0.4) is 0 Å². The standard InChI is InChI=1S/C13H23N3S/c1-3-5-6-7-8-9-12(14-10-4-2)13-11-15-16-17-13/h3,11-12,14H,1,4-10H2,2H3. The maximum absolute atomic E-state index is 3.95. The highest BCUT2D eigenvalue weighted by Crippen LogP contribution is 2.22. The normalized spacial score (nSPS) is 12.5. The van der Waals surface area contributed by atoms with Crippen LogP contribution < -0.4 is 5.32 Å². The van der Waals surface area contributed by atoms with Gasteiger partial charge in [-0.3, -0.25) is 0 Å². The molecular formula is C13H23N3S. The van der Waals surface area contributed by atoms with Crippen molar-refractivity contribution in [1.29, 1.82) is 0 Å². The lowest BCUT2D eigenvalue weighted by molar-refractivity contribution is 0.477. The molecule has 0 fully saturated rings. The van der Waals surface area contributed by atoms with Gasteiger partial charge in [-0.05, 0) is 43.8 Å². The fraction of sp³-hybridized carbons (Fsp3) is 0.692. The van der Waals surface area contributed by atoms with Gasteiger partial charge < -0.3 is 5.32 Å². The summed E-state index contributed by atoms with van der Waals surface area (Å²) in [5, 5.41) is 7.50. The highest BCUT2D eigenvalue weighted by molar-refractivity contribution is 7.05. The highest BCUT2D eigenvalue weighted by atomic mass is 32.1. The van der Waals surface area contributed by atoms with E-state index in [9.17, 15) is 0 Å². The largest absolute Gasteiger partial charge is 0.309 e. The molecule has 0 bridgehead atoms. The van der Waals surface area contributed by atoms with Gasteiger partial charge >= 0.3 is 0 Å². The minimum Gasteiger partial charge on any atom is -0.309 e. The van der Waals surface area contributed by atoms with Gasteiger partial charge in [-0.2, -0.15) is 0 Å². The van der Waals surface area contributed by atoms with E-state index in [2.05, 4.69) is 28.4 Å². The summed E-state index contributed by atoms with van der Waals surface area (Å²) in [5.41, 5.74) is 0. The molecule has 3 nitrogen and oxygen atoms in total. The third-order valence-corrected chi connectivity index (χ3v) is 3.54. The summed E-state index contributed by atoms with van der Waals surface area (Å²) in [6.07, 6.45) is 11.2. The monoisotopic (exact) mass is 253 g/mol. The van der Waals surface area contributed by atoms with Crippen molar-refractivity contribution in [2.75, 3.05) is 6.54 Å². The lowest BCUT2D eigenvalue weighted by Gasteiger charge is -2.15. The number of nitrogens with one attached hydrogen (secondary N) is 1. The van der Waals surface area contributed by atoms with Crippen molar-refractivity contribution >= 4 is 11.5 Å². The summed E-state index contributed by atoms with van der Waals surface area (Å²) in [6.45, 7) is 7.01. The van der Waals surface area contributed by atoms with Crippen molar-refractivity contribution in [3.05, 3.63) is 23.7 Å². The van der Waals surface area contributed by atoms with Crippen molar-refractivity contribution in [1.82, 2.24) is 14.9 Å². The predicted octanol–water partition coefficient (Wildman–Crippen LogP) is 3.72. The predicted molar refractivity (Wildman–Crippen MR) is 74.2 cm³/mol. The summed E-state index contributed by atoms with van der Waals surface area (Å²) in [5.74, 6) is 0. The Kier molecular flexibility index (Phi) is 7.84. The molecule has 1 aromatic heterocycles. The van der Waals surface area contributed by atoms with Gasteiger partial charge in [0.2, 0.25) is 0 Å². The molecule has 0 aromatic carbocycles. The van der Waals surface area contributed by atoms with Crippen molar-refractivity contribution in [3.63, 3.8) is 0 Å². The molecule has 0 aliphatic carbocycles. The molecule has 0 aliphatic rings. The van der Waals surface area contributed by atoms with Crippen LogP contribution in [0.2, 0.25) is 0 Å². The molecule has 0 spiro atoms. The third-order valence-electron chi connectivity index (χ3n) is 2.76. The molecule has 0 saturated carbocycles. The van der Waals surface area contributed by atoms with Gasteiger partial charge in [0.05, 0.1) is 11.1 Å². The molecule has 1 heterocycles. The van der Waals surface area contributed by atoms with Crippen LogP contribution in [0.1, 0.15) is 56.4 Å². The smallest absolute Gasteiger partial charge is 0.0669 e. The van der Waals surface area contributed by atoms with Crippen LogP contribution in [-0.4, -0.2) is 16.1 Å². The van der Waals surface area contributed by atoms with Crippen LogP contribution in [0, 0.1) is 0 Å². The average Bonchev–Trinajstić information content (AvgIpc) is 2.86. The first-order valence-corrected chi connectivity index (χ1v) is 7.27. The molecule has 1 unspecified atom stereocenters. The summed E-state index contributed by atoms with van der Waals surface area (Å²) < 4.78 is 3.95. The zero-order valence-corrected chi connectivity index (χ0v) is 11.5. The molecule has 0 radical (unpaired) electrons. The van der Waals surface area contributed by atoms with E-state index in [1.807, 2.05) is 12.3 Å². The number of nitrogens with zero attached hydrogens (tertiary/aromatic N) is 2. The summed E-state index contributed by atoms with van der Waals surface area (Å²) >= 11 is 1.51. The van der Waals surface area contributed by atoms with Gasteiger partial charge in [0, 0.05) is 6.04 Å². The van der Waals surface area contributed by atoms with Crippen LogP contribution in [-0.2, 0) is 0 Å². The maximum Gasteiger partial charge on any atom is 0.0669 e. The highest BCUT2D eigenvalue weighted by Gasteiger charge is 2.12. The van der Waals surface area contributed by atoms with Crippen LogP contribution in [0.4, 0.5) is 0 Å². The van der Waals surface area contributed by atoms with Gasteiger partial charge in [0.15, 0.2) is 0 Å². The number of allylic oxidation sites excluding steroid dienone is 1. The topological polar surface area (TPSA) is 37.8 Å². The minimum absolute atomic E-state index is 0.443. The van der Waals surface area contributed by atoms with Crippen LogP contribution in [0.15, 0.2) is 18.9 Å². The van der Waals surface area contributed by atoms with E-state index in [-0.39, 0.29) is 0 Å². The van der Waals surface area contributed by atoms with E-state index in [0.29, 0.717) is 6.04 Å². The van der Waals surface area contributed by atoms with E-state index in [0.717, 1.165) is 13.0 Å². The van der Waals surface area contributed by atoms with Gasteiger partial charge in [0.1, 0.15) is 0 Å². The average molecular weight is 253 g/mol. The second-order valence-electron chi connectivity index (χ2n) is 4.25. The SMILES string of the molecule is C=CCCCCCC(NCCC)c1cnns1. The quantitative estimate of drug-likeness (QED) is 0.510. The molecular weight excluding hydrogens is 230 g/mol. The van der Waals surface area contributed by atoms with E-state index in [1.165, 1.54) is 48.5 Å². The van der Waals surface area contributed by atoms with Crippen molar-refractivity contribution in [3.8, 4) is 0 Å². The Bertz CT molecular complexity index is 285. The van der Waals surface area contributed by atoms with Gasteiger partial charge in [-0.15, -0.1) is 11.7 Å². The second-order valence-corrected chi connectivity index (χ2v) is 5.07. The third kappa shape index (κ3) is 5.94. The second kappa shape index (κ2) is 9.31. The maximum atomic E-state index is 3.95. The number of rotatable bonds is 10. The Hall–Kier alpha value is -0.740. The molecule has 0 saturated heterocycles. The zero-order chi connectivity index (χ0) is 12.3. The zero-order valence-electron chi connectivity index (χ0n) is 10.7.